The third-order valence-electron chi connectivity index (χ3n) is 3.71. The third kappa shape index (κ3) is 3.48. The minimum atomic E-state index is -0.580. The highest BCUT2D eigenvalue weighted by Crippen LogP contribution is 2.23. The zero-order valence-corrected chi connectivity index (χ0v) is 10.8. The van der Waals surface area contributed by atoms with Crippen LogP contribution in [0.15, 0.2) is 0 Å². The van der Waals surface area contributed by atoms with Gasteiger partial charge in [0.1, 0.15) is 0 Å². The topological polar surface area (TPSA) is 40.5 Å². The molecule has 3 nitrogen and oxygen atoms in total. The molecular formula is C13H25NO2. The van der Waals surface area contributed by atoms with Gasteiger partial charge in [0, 0.05) is 19.0 Å². The fourth-order valence-corrected chi connectivity index (χ4v) is 2.38. The van der Waals surface area contributed by atoms with Crippen LogP contribution in [0, 0.1) is 5.92 Å². The van der Waals surface area contributed by atoms with Gasteiger partial charge in [-0.2, -0.15) is 0 Å². The van der Waals surface area contributed by atoms with Gasteiger partial charge in [-0.05, 0) is 39.0 Å². The number of carbonyl (C=O) groups is 1. The minimum absolute atomic E-state index is 0.169. The molecule has 0 radical (unpaired) electrons. The van der Waals surface area contributed by atoms with Gasteiger partial charge in [-0.1, -0.05) is 13.8 Å². The van der Waals surface area contributed by atoms with Crippen LogP contribution in [-0.4, -0.2) is 34.6 Å². The molecule has 1 fully saturated rings. The van der Waals surface area contributed by atoms with Gasteiger partial charge in [-0.25, -0.2) is 0 Å². The first-order chi connectivity index (χ1) is 7.50. The number of likely N-dealkylation sites (tertiary alicyclic amines) is 1. The summed E-state index contributed by atoms with van der Waals surface area (Å²) in [6.07, 6.45) is 4.27. The molecule has 0 bridgehead atoms. The predicted octanol–water partition coefficient (Wildman–Crippen LogP) is 2.19. The fourth-order valence-electron chi connectivity index (χ4n) is 2.38. The first-order valence-electron chi connectivity index (χ1n) is 6.51. The molecule has 0 saturated carbocycles. The summed E-state index contributed by atoms with van der Waals surface area (Å²) in [7, 11) is 0. The molecule has 0 aromatic heterocycles. The molecule has 0 aliphatic carbocycles. The summed E-state index contributed by atoms with van der Waals surface area (Å²) in [6, 6.07) is 0. The summed E-state index contributed by atoms with van der Waals surface area (Å²) < 4.78 is 0. The van der Waals surface area contributed by atoms with E-state index in [1.54, 1.807) is 0 Å². The highest BCUT2D eigenvalue weighted by Gasteiger charge is 2.28. The highest BCUT2D eigenvalue weighted by molar-refractivity contribution is 5.78. The number of aliphatic hydroxyl groups is 1. The van der Waals surface area contributed by atoms with E-state index in [1.807, 2.05) is 11.8 Å². The summed E-state index contributed by atoms with van der Waals surface area (Å²) in [4.78, 5) is 14.1. The van der Waals surface area contributed by atoms with Crippen molar-refractivity contribution in [3.8, 4) is 0 Å². The van der Waals surface area contributed by atoms with E-state index in [1.165, 1.54) is 0 Å². The van der Waals surface area contributed by atoms with Gasteiger partial charge in [-0.15, -0.1) is 0 Å². The van der Waals surface area contributed by atoms with Crippen molar-refractivity contribution >= 4 is 5.91 Å². The third-order valence-corrected chi connectivity index (χ3v) is 3.71. The minimum Gasteiger partial charge on any atom is -0.390 e. The second kappa shape index (κ2) is 5.67. The Hall–Kier alpha value is -0.570. The fraction of sp³-hybridized carbons (Fsp3) is 0.923. The number of amides is 1. The van der Waals surface area contributed by atoms with E-state index < -0.39 is 5.60 Å². The summed E-state index contributed by atoms with van der Waals surface area (Å²) in [5, 5.41) is 9.97. The maximum atomic E-state index is 12.2. The zero-order valence-electron chi connectivity index (χ0n) is 10.8. The molecule has 16 heavy (non-hydrogen) atoms. The lowest BCUT2D eigenvalue weighted by atomic mass is 9.98. The summed E-state index contributed by atoms with van der Waals surface area (Å²) >= 11 is 0. The molecule has 1 saturated heterocycles. The van der Waals surface area contributed by atoms with E-state index in [0.29, 0.717) is 13.0 Å². The average Bonchev–Trinajstić information content (AvgIpc) is 2.41. The predicted molar refractivity (Wildman–Crippen MR) is 65.1 cm³/mol. The van der Waals surface area contributed by atoms with Crippen molar-refractivity contribution < 1.29 is 9.90 Å². The maximum absolute atomic E-state index is 12.2. The number of hydrogen-bond donors (Lipinski definition) is 1. The molecule has 1 aliphatic rings. The number of carbonyl (C=O) groups excluding carboxylic acids is 1. The van der Waals surface area contributed by atoms with Gasteiger partial charge in [0.25, 0.3) is 0 Å². The smallest absolute Gasteiger partial charge is 0.225 e. The van der Waals surface area contributed by atoms with E-state index in [2.05, 4.69) is 13.8 Å². The van der Waals surface area contributed by atoms with Crippen LogP contribution in [0.5, 0.6) is 0 Å². The van der Waals surface area contributed by atoms with Gasteiger partial charge in [-0.3, -0.25) is 4.79 Å². The maximum Gasteiger partial charge on any atom is 0.225 e. The molecule has 1 N–H and O–H groups in total. The van der Waals surface area contributed by atoms with E-state index >= 15 is 0 Å². The lowest BCUT2D eigenvalue weighted by Gasteiger charge is -2.25. The molecule has 1 aliphatic heterocycles. The zero-order chi connectivity index (χ0) is 12.2. The molecule has 1 rings (SSSR count). The van der Waals surface area contributed by atoms with Crippen molar-refractivity contribution in [3.63, 3.8) is 0 Å². The molecule has 1 unspecified atom stereocenters. The van der Waals surface area contributed by atoms with Gasteiger partial charge < -0.3 is 10.0 Å². The Labute approximate surface area is 98.8 Å². The second-order valence-electron chi connectivity index (χ2n) is 5.19. The molecule has 0 aromatic carbocycles. The largest absolute Gasteiger partial charge is 0.390 e. The van der Waals surface area contributed by atoms with Crippen molar-refractivity contribution in [2.24, 2.45) is 5.92 Å². The van der Waals surface area contributed by atoms with Gasteiger partial charge in [0.15, 0.2) is 0 Å². The van der Waals surface area contributed by atoms with E-state index in [-0.39, 0.29) is 11.8 Å². The summed E-state index contributed by atoms with van der Waals surface area (Å²) in [5.74, 6) is 0.450. The van der Waals surface area contributed by atoms with Crippen LogP contribution in [0.25, 0.3) is 0 Å². The van der Waals surface area contributed by atoms with Crippen molar-refractivity contribution in [2.75, 3.05) is 13.1 Å². The molecule has 1 heterocycles. The van der Waals surface area contributed by atoms with Gasteiger partial charge in [0.2, 0.25) is 5.91 Å². The number of rotatable bonds is 3. The van der Waals surface area contributed by atoms with E-state index in [9.17, 15) is 9.90 Å². The molecule has 3 heteroatoms. The Balaban J connectivity index is 2.57. The second-order valence-corrected chi connectivity index (χ2v) is 5.19. The van der Waals surface area contributed by atoms with Crippen LogP contribution >= 0.6 is 0 Å². The normalized spacial score (nSPS) is 26.9. The molecule has 1 amide bonds. The Kier molecular flexibility index (Phi) is 4.78. The monoisotopic (exact) mass is 227 g/mol. The standard InChI is InChI=1S/C13H25NO2/c1-4-11(5-2)12(15)14-9-6-7-13(3,16)8-10-14/h11,16H,4-10H2,1-3H3. The Morgan fingerprint density at radius 1 is 1.31 bits per heavy atom. The van der Waals surface area contributed by atoms with Crippen molar-refractivity contribution in [3.05, 3.63) is 0 Å². The van der Waals surface area contributed by atoms with Crippen LogP contribution in [0.1, 0.15) is 52.9 Å². The van der Waals surface area contributed by atoms with Crippen molar-refractivity contribution in [2.45, 2.75) is 58.5 Å². The van der Waals surface area contributed by atoms with Crippen LogP contribution in [-0.2, 0) is 4.79 Å². The van der Waals surface area contributed by atoms with Gasteiger partial charge in [0.05, 0.1) is 5.60 Å². The molecule has 1 atom stereocenters. The van der Waals surface area contributed by atoms with Crippen LogP contribution in [0.2, 0.25) is 0 Å². The first kappa shape index (κ1) is 13.5. The number of nitrogens with zero attached hydrogens (tertiary/aromatic N) is 1. The average molecular weight is 227 g/mol. The number of hydrogen-bond acceptors (Lipinski definition) is 2. The molecule has 94 valence electrons. The SMILES string of the molecule is CCC(CC)C(=O)N1CCCC(C)(O)CC1. The van der Waals surface area contributed by atoms with E-state index in [4.69, 9.17) is 0 Å². The van der Waals surface area contributed by atoms with Crippen molar-refractivity contribution in [1.29, 1.82) is 0 Å². The van der Waals surface area contributed by atoms with Gasteiger partial charge >= 0.3 is 0 Å². The Morgan fingerprint density at radius 3 is 2.50 bits per heavy atom. The van der Waals surface area contributed by atoms with Crippen LogP contribution in [0.4, 0.5) is 0 Å². The Morgan fingerprint density at radius 2 is 1.94 bits per heavy atom. The molecule has 0 aromatic rings. The van der Waals surface area contributed by atoms with Crippen LogP contribution in [0.3, 0.4) is 0 Å². The summed E-state index contributed by atoms with van der Waals surface area (Å²) in [5.41, 5.74) is -0.580. The Bertz CT molecular complexity index is 234. The highest BCUT2D eigenvalue weighted by atomic mass is 16.3. The summed E-state index contributed by atoms with van der Waals surface area (Å²) in [6.45, 7) is 7.53. The van der Waals surface area contributed by atoms with E-state index in [0.717, 1.165) is 32.2 Å². The lowest BCUT2D eigenvalue weighted by Crippen LogP contribution is -2.37. The quantitative estimate of drug-likeness (QED) is 0.803. The first-order valence-corrected chi connectivity index (χ1v) is 6.51. The van der Waals surface area contributed by atoms with Crippen molar-refractivity contribution in [1.82, 2.24) is 4.90 Å². The molecule has 0 spiro atoms. The lowest BCUT2D eigenvalue weighted by molar-refractivity contribution is -0.135. The van der Waals surface area contributed by atoms with Crippen LogP contribution < -0.4 is 0 Å². The molecular weight excluding hydrogens is 202 g/mol.